The van der Waals surface area contributed by atoms with Crippen LogP contribution in [0.3, 0.4) is 0 Å². The van der Waals surface area contributed by atoms with E-state index in [-0.39, 0.29) is 5.82 Å². The smallest absolute Gasteiger partial charge is 0.128 e. The Balaban J connectivity index is 2.83. The summed E-state index contributed by atoms with van der Waals surface area (Å²) in [6, 6.07) is 5.12. The molecule has 1 aromatic heterocycles. The number of aryl methyl sites for hydroxylation is 2. The molecule has 0 saturated carbocycles. The predicted molar refractivity (Wildman–Crippen MR) is 55.6 cm³/mol. The third-order valence-electron chi connectivity index (χ3n) is 2.32. The van der Waals surface area contributed by atoms with Crippen LogP contribution in [-0.4, -0.2) is 4.98 Å². The van der Waals surface area contributed by atoms with E-state index in [1.54, 1.807) is 13.0 Å². The molecule has 0 aliphatic carbocycles. The van der Waals surface area contributed by atoms with Crippen molar-refractivity contribution in [3.8, 4) is 0 Å². The van der Waals surface area contributed by atoms with Crippen molar-refractivity contribution in [1.82, 2.24) is 4.98 Å². The molecule has 0 bridgehead atoms. The fraction of sp³-hybridized carbons (Fsp3) is 0.182. The van der Waals surface area contributed by atoms with Crippen LogP contribution in [0.4, 0.5) is 10.2 Å². The van der Waals surface area contributed by atoms with Crippen LogP contribution < -0.4 is 5.73 Å². The Morgan fingerprint density at radius 1 is 1.14 bits per heavy atom. The lowest BCUT2D eigenvalue weighted by molar-refractivity contribution is 0.620. The van der Waals surface area contributed by atoms with Gasteiger partial charge in [-0.05, 0) is 37.1 Å². The van der Waals surface area contributed by atoms with Crippen molar-refractivity contribution in [2.75, 3.05) is 5.73 Å². The minimum atomic E-state index is -0.242. The van der Waals surface area contributed by atoms with Crippen molar-refractivity contribution in [3.63, 3.8) is 0 Å². The minimum Gasteiger partial charge on any atom is -0.383 e. The summed E-state index contributed by atoms with van der Waals surface area (Å²) in [4.78, 5) is 4.11. The summed E-state index contributed by atoms with van der Waals surface area (Å²) in [6.45, 7) is 3.63. The highest BCUT2D eigenvalue weighted by Crippen LogP contribution is 2.20. The van der Waals surface area contributed by atoms with Gasteiger partial charge in [0.05, 0.1) is 5.52 Å². The number of pyridine rings is 1. The van der Waals surface area contributed by atoms with Crippen LogP contribution in [0.15, 0.2) is 18.2 Å². The molecule has 0 fully saturated rings. The standard InChI is InChI=1S/C11H11FN2/c1-6-3-8-4-7(2)11(13)14-10(8)5-9(6)12/h3-5H,1-2H3,(H2,13,14). The molecule has 0 radical (unpaired) electrons. The number of rotatable bonds is 0. The van der Waals surface area contributed by atoms with Gasteiger partial charge < -0.3 is 5.73 Å². The van der Waals surface area contributed by atoms with Gasteiger partial charge in [0.1, 0.15) is 11.6 Å². The molecule has 0 aliphatic rings. The van der Waals surface area contributed by atoms with Gasteiger partial charge in [-0.25, -0.2) is 9.37 Å². The average Bonchev–Trinajstić information content (AvgIpc) is 2.11. The van der Waals surface area contributed by atoms with E-state index in [2.05, 4.69) is 4.98 Å². The van der Waals surface area contributed by atoms with E-state index >= 15 is 0 Å². The maximum atomic E-state index is 13.2. The number of hydrogen-bond donors (Lipinski definition) is 1. The lowest BCUT2D eigenvalue weighted by atomic mass is 10.1. The molecule has 0 unspecified atom stereocenters. The quantitative estimate of drug-likeness (QED) is 0.693. The summed E-state index contributed by atoms with van der Waals surface area (Å²) in [5.74, 6) is 0.217. The molecule has 0 atom stereocenters. The van der Waals surface area contributed by atoms with Gasteiger partial charge in [-0.15, -0.1) is 0 Å². The molecule has 2 rings (SSSR count). The second-order valence-electron chi connectivity index (χ2n) is 3.48. The Kier molecular flexibility index (Phi) is 1.88. The van der Waals surface area contributed by atoms with Crippen molar-refractivity contribution in [1.29, 1.82) is 0 Å². The Morgan fingerprint density at radius 3 is 2.50 bits per heavy atom. The highest BCUT2D eigenvalue weighted by atomic mass is 19.1. The van der Waals surface area contributed by atoms with Gasteiger partial charge in [0.25, 0.3) is 0 Å². The van der Waals surface area contributed by atoms with Crippen LogP contribution in [0.5, 0.6) is 0 Å². The van der Waals surface area contributed by atoms with Crippen molar-refractivity contribution in [3.05, 3.63) is 35.1 Å². The Bertz CT molecular complexity index is 417. The van der Waals surface area contributed by atoms with E-state index in [1.165, 1.54) is 6.07 Å². The van der Waals surface area contributed by atoms with Gasteiger partial charge in [-0.2, -0.15) is 0 Å². The van der Waals surface area contributed by atoms with Gasteiger partial charge in [0.2, 0.25) is 0 Å². The van der Waals surface area contributed by atoms with Crippen LogP contribution in [0, 0.1) is 19.7 Å². The van der Waals surface area contributed by atoms with Crippen molar-refractivity contribution in [2.45, 2.75) is 13.8 Å². The zero-order valence-corrected chi connectivity index (χ0v) is 8.13. The predicted octanol–water partition coefficient (Wildman–Crippen LogP) is 2.57. The molecular formula is C11H11FN2. The third kappa shape index (κ3) is 1.31. The number of fused-ring (bicyclic) bond motifs is 1. The molecule has 1 aromatic carbocycles. The van der Waals surface area contributed by atoms with Crippen LogP contribution in [0.1, 0.15) is 11.1 Å². The van der Waals surface area contributed by atoms with Crippen LogP contribution in [-0.2, 0) is 0 Å². The average molecular weight is 190 g/mol. The first-order valence-corrected chi connectivity index (χ1v) is 4.41. The van der Waals surface area contributed by atoms with Gasteiger partial charge in [0.15, 0.2) is 0 Å². The fourth-order valence-corrected chi connectivity index (χ4v) is 1.43. The van der Waals surface area contributed by atoms with Gasteiger partial charge in [-0.1, -0.05) is 0 Å². The maximum absolute atomic E-state index is 13.2. The molecule has 3 heteroatoms. The van der Waals surface area contributed by atoms with E-state index in [1.807, 2.05) is 13.0 Å². The number of halogens is 1. The second kappa shape index (κ2) is 2.94. The van der Waals surface area contributed by atoms with E-state index < -0.39 is 0 Å². The largest absolute Gasteiger partial charge is 0.383 e. The molecule has 14 heavy (non-hydrogen) atoms. The maximum Gasteiger partial charge on any atom is 0.128 e. The monoisotopic (exact) mass is 190 g/mol. The zero-order chi connectivity index (χ0) is 10.3. The lowest BCUT2D eigenvalue weighted by Crippen LogP contribution is -1.95. The number of nitrogens with two attached hydrogens (primary N) is 1. The van der Waals surface area contributed by atoms with Crippen LogP contribution in [0.2, 0.25) is 0 Å². The highest BCUT2D eigenvalue weighted by Gasteiger charge is 2.04. The van der Waals surface area contributed by atoms with Crippen molar-refractivity contribution < 1.29 is 4.39 Å². The summed E-state index contributed by atoms with van der Waals surface area (Å²) in [5.41, 5.74) is 7.80. The van der Waals surface area contributed by atoms with E-state index in [9.17, 15) is 4.39 Å². The van der Waals surface area contributed by atoms with E-state index in [0.717, 1.165) is 10.9 Å². The van der Waals surface area contributed by atoms with Gasteiger partial charge in [-0.3, -0.25) is 0 Å². The van der Waals surface area contributed by atoms with Crippen molar-refractivity contribution >= 4 is 16.7 Å². The zero-order valence-electron chi connectivity index (χ0n) is 8.13. The molecule has 2 nitrogen and oxygen atoms in total. The Hall–Kier alpha value is -1.64. The lowest BCUT2D eigenvalue weighted by Gasteiger charge is -2.04. The van der Waals surface area contributed by atoms with Crippen LogP contribution >= 0.6 is 0 Å². The molecule has 0 spiro atoms. The van der Waals surface area contributed by atoms with Gasteiger partial charge >= 0.3 is 0 Å². The number of nitrogens with zero attached hydrogens (tertiary/aromatic N) is 1. The summed E-state index contributed by atoms with van der Waals surface area (Å²) < 4.78 is 13.2. The van der Waals surface area contributed by atoms with E-state index in [4.69, 9.17) is 5.73 Å². The first-order valence-electron chi connectivity index (χ1n) is 4.41. The molecule has 0 amide bonds. The molecular weight excluding hydrogens is 179 g/mol. The number of aromatic nitrogens is 1. The number of nitrogen functional groups attached to an aromatic ring is 1. The molecule has 1 heterocycles. The first-order chi connectivity index (χ1) is 6.58. The highest BCUT2D eigenvalue weighted by molar-refractivity contribution is 5.82. The SMILES string of the molecule is Cc1cc2cc(C)c(N)nc2cc1F. The molecule has 0 saturated heterocycles. The van der Waals surface area contributed by atoms with Gasteiger partial charge in [0, 0.05) is 11.5 Å². The summed E-state index contributed by atoms with van der Waals surface area (Å²) >= 11 is 0. The van der Waals surface area contributed by atoms with E-state index in [0.29, 0.717) is 16.9 Å². The van der Waals surface area contributed by atoms with Crippen molar-refractivity contribution in [2.24, 2.45) is 0 Å². The molecule has 0 aliphatic heterocycles. The first kappa shape index (κ1) is 8.94. The van der Waals surface area contributed by atoms with Crippen LogP contribution in [0.25, 0.3) is 10.9 Å². The summed E-state index contributed by atoms with van der Waals surface area (Å²) in [5, 5.41) is 0.926. The topological polar surface area (TPSA) is 38.9 Å². The normalized spacial score (nSPS) is 10.8. The number of anilines is 1. The molecule has 72 valence electrons. The molecule has 2 aromatic rings. The number of benzene rings is 1. The molecule has 2 N–H and O–H groups in total. The summed E-state index contributed by atoms with van der Waals surface area (Å²) in [6.07, 6.45) is 0. The fourth-order valence-electron chi connectivity index (χ4n) is 1.43. The number of hydrogen-bond acceptors (Lipinski definition) is 2. The Labute approximate surface area is 81.6 Å². The second-order valence-corrected chi connectivity index (χ2v) is 3.48. The minimum absolute atomic E-state index is 0.242. The summed E-state index contributed by atoms with van der Waals surface area (Å²) in [7, 11) is 0. The Morgan fingerprint density at radius 2 is 1.79 bits per heavy atom. The third-order valence-corrected chi connectivity index (χ3v) is 2.32.